The van der Waals surface area contributed by atoms with Crippen LogP contribution in [0.1, 0.15) is 22.8 Å². The summed E-state index contributed by atoms with van der Waals surface area (Å²) in [7, 11) is -4.04. The smallest absolute Gasteiger partial charge is 0.342 e. The number of fused-ring (bicyclic) bond motifs is 2. The van der Waals surface area contributed by atoms with Gasteiger partial charge in [0, 0.05) is 0 Å². The van der Waals surface area contributed by atoms with Crippen molar-refractivity contribution in [3.63, 3.8) is 0 Å². The maximum atomic E-state index is 12.9. The molecule has 1 heterocycles. The van der Waals surface area contributed by atoms with Gasteiger partial charge in [0.05, 0.1) is 11.0 Å². The van der Waals surface area contributed by atoms with Crippen molar-refractivity contribution in [2.45, 2.75) is 6.92 Å². The minimum Gasteiger partial charge on any atom is -0.342 e. The zero-order valence-electron chi connectivity index (χ0n) is 14.3. The van der Waals surface area contributed by atoms with Crippen LogP contribution in [0.2, 0.25) is 0 Å². The van der Waals surface area contributed by atoms with Gasteiger partial charge in [-0.2, -0.15) is 16.4 Å². The van der Waals surface area contributed by atoms with Crippen LogP contribution in [0.4, 0.5) is 5.69 Å². The van der Waals surface area contributed by atoms with Crippen molar-refractivity contribution in [3.8, 4) is 0 Å². The molecule has 0 radical (unpaired) electrons. The molecule has 0 saturated carbocycles. The molecule has 0 amide bonds. The van der Waals surface area contributed by atoms with E-state index in [1.54, 1.807) is 49.4 Å². The number of hydrogen-bond acceptors (Lipinski definition) is 4. The Morgan fingerprint density at radius 3 is 2.54 bits per heavy atom. The van der Waals surface area contributed by atoms with E-state index in [0.717, 1.165) is 0 Å². The van der Waals surface area contributed by atoms with Crippen LogP contribution in [0.3, 0.4) is 0 Å². The van der Waals surface area contributed by atoms with Crippen LogP contribution in [-0.2, 0) is 9.36 Å². The Balaban J connectivity index is 0.00000196. The standard InChI is InChI=1S/C18H14N2O4P.Rb/c1-10-11-6-2-3-7-12(11)17(22)15(16(10)21)18-19-13-8-4-5-9-14(13)25(23,24)20-18;/h2-9,15H,1H3,(H2,19,20,23,24);/q-1;+1. The van der Waals surface area contributed by atoms with Crippen molar-refractivity contribution >= 4 is 35.9 Å². The molecule has 8 heteroatoms. The van der Waals surface area contributed by atoms with Gasteiger partial charge in [-0.25, -0.2) is 0 Å². The minimum absolute atomic E-state index is 0. The van der Waals surface area contributed by atoms with Crippen LogP contribution in [-0.4, -0.2) is 22.3 Å². The fraction of sp³-hybridized carbons (Fsp3) is 0.111. The van der Waals surface area contributed by atoms with Gasteiger partial charge in [-0.3, -0.25) is 4.57 Å². The molecule has 126 valence electrons. The molecule has 1 aliphatic carbocycles. The van der Waals surface area contributed by atoms with Crippen molar-refractivity contribution in [2.24, 2.45) is 10.7 Å². The van der Waals surface area contributed by atoms with E-state index in [4.69, 9.17) is 0 Å². The Morgan fingerprint density at radius 1 is 1.12 bits per heavy atom. The quantitative estimate of drug-likeness (QED) is 0.350. The second-order valence-electron chi connectivity index (χ2n) is 6.00. The van der Waals surface area contributed by atoms with Crippen molar-refractivity contribution in [3.05, 3.63) is 65.6 Å². The SMILES string of the molecule is C[C-]1C(=O)C(C2=NP(=O)(O)c3ccccc3N2)C(=O)c2ccccc21.[Rb+]. The Labute approximate surface area is 199 Å². The van der Waals surface area contributed by atoms with Gasteiger partial charge in [-0.1, -0.05) is 30.7 Å². The molecule has 2 aromatic carbocycles. The number of rotatable bonds is 1. The molecule has 2 aliphatic rings. The summed E-state index contributed by atoms with van der Waals surface area (Å²) < 4.78 is 16.4. The Bertz CT molecular complexity index is 1000. The van der Waals surface area contributed by atoms with E-state index >= 15 is 0 Å². The number of anilines is 1. The molecule has 0 spiro atoms. The summed E-state index contributed by atoms with van der Waals surface area (Å²) in [6.45, 7) is 1.65. The van der Waals surface area contributed by atoms with Gasteiger partial charge >= 0.3 is 65.7 Å². The Hall–Kier alpha value is -0.885. The maximum absolute atomic E-state index is 12.9. The maximum Gasteiger partial charge on any atom is 1.00 e. The monoisotopic (exact) mass is 438 g/mol. The number of nitrogens with zero attached hydrogens (tertiary/aromatic N) is 1. The zero-order chi connectivity index (χ0) is 17.8. The molecule has 1 aliphatic heterocycles. The molecule has 0 saturated heterocycles. The van der Waals surface area contributed by atoms with Gasteiger partial charge in [-0.05, 0) is 12.1 Å². The molecule has 2 atom stereocenters. The molecule has 6 nitrogen and oxygen atoms in total. The van der Waals surface area contributed by atoms with Crippen LogP contribution < -0.4 is 68.8 Å². The van der Waals surface area contributed by atoms with E-state index in [0.29, 0.717) is 22.7 Å². The second kappa shape index (κ2) is 7.26. The van der Waals surface area contributed by atoms with Gasteiger partial charge in [0.2, 0.25) is 0 Å². The topological polar surface area (TPSA) is 95.8 Å². The molecule has 0 fully saturated rings. The number of ketones is 2. The first-order chi connectivity index (χ1) is 11.9. The predicted molar refractivity (Wildman–Crippen MR) is 94.2 cm³/mol. The molecular formula is C18H14N2O4PRb. The van der Waals surface area contributed by atoms with Crippen LogP contribution in [0.25, 0.3) is 0 Å². The van der Waals surface area contributed by atoms with E-state index in [1.165, 1.54) is 6.07 Å². The van der Waals surface area contributed by atoms with Crippen molar-refractivity contribution < 1.29 is 77.2 Å². The number of benzene rings is 2. The third-order valence-corrected chi connectivity index (χ3v) is 5.99. The van der Waals surface area contributed by atoms with Crippen LogP contribution in [0, 0.1) is 11.8 Å². The van der Waals surface area contributed by atoms with E-state index < -0.39 is 25.0 Å². The van der Waals surface area contributed by atoms with Crippen LogP contribution >= 0.6 is 7.52 Å². The second-order valence-corrected chi connectivity index (χ2v) is 7.77. The first-order valence-corrected chi connectivity index (χ1v) is 9.32. The van der Waals surface area contributed by atoms with Gasteiger partial charge in [0.25, 0.3) is 0 Å². The fourth-order valence-corrected chi connectivity index (χ4v) is 4.51. The molecule has 4 rings (SSSR count). The van der Waals surface area contributed by atoms with Crippen molar-refractivity contribution in [1.82, 2.24) is 0 Å². The van der Waals surface area contributed by atoms with Crippen LogP contribution in [0.5, 0.6) is 0 Å². The minimum atomic E-state index is -4.04. The predicted octanol–water partition coefficient (Wildman–Crippen LogP) is -0.650. The number of amidine groups is 1. The normalized spacial score (nSPS) is 24.0. The molecule has 2 unspecified atom stereocenters. The molecule has 0 aromatic heterocycles. The molecule has 26 heavy (non-hydrogen) atoms. The number of carbonyl (C=O) groups is 2. The number of carbonyl (C=O) groups excluding carboxylic acids is 2. The zero-order valence-corrected chi connectivity index (χ0v) is 20.1. The average molecular weight is 439 g/mol. The van der Waals surface area contributed by atoms with E-state index in [1.807, 2.05) is 0 Å². The number of nitrogens with one attached hydrogen (secondary N) is 1. The van der Waals surface area contributed by atoms with Crippen LogP contribution in [0.15, 0.2) is 53.3 Å². The Kier molecular flexibility index (Phi) is 5.55. The van der Waals surface area contributed by atoms with Crippen molar-refractivity contribution in [1.29, 1.82) is 0 Å². The number of para-hydroxylation sites is 1. The Morgan fingerprint density at radius 2 is 1.77 bits per heavy atom. The first kappa shape index (κ1) is 19.9. The molecule has 2 aromatic rings. The summed E-state index contributed by atoms with van der Waals surface area (Å²) in [6, 6.07) is 13.3. The van der Waals surface area contributed by atoms with E-state index in [9.17, 15) is 19.0 Å². The van der Waals surface area contributed by atoms with Crippen molar-refractivity contribution in [2.75, 3.05) is 5.32 Å². The number of Topliss-reactive ketones (excluding diaryl/α,β-unsaturated/α-hetero) is 2. The largest absolute Gasteiger partial charge is 1.00 e. The summed E-state index contributed by atoms with van der Waals surface area (Å²) in [6.07, 6.45) is 0. The third-order valence-electron chi connectivity index (χ3n) is 4.49. The van der Waals surface area contributed by atoms with Gasteiger partial charge in [0.15, 0.2) is 0 Å². The average Bonchev–Trinajstić information content (AvgIpc) is 2.59. The molecular weight excluding hydrogens is 425 g/mol. The first-order valence-electron chi connectivity index (χ1n) is 7.71. The summed E-state index contributed by atoms with van der Waals surface area (Å²) in [5.41, 5.74) is 1.40. The summed E-state index contributed by atoms with van der Waals surface area (Å²) in [5.74, 6) is -1.69. The molecule has 0 bridgehead atoms. The fourth-order valence-electron chi connectivity index (χ4n) is 3.22. The number of hydrogen-bond donors (Lipinski definition) is 2. The van der Waals surface area contributed by atoms with E-state index in [-0.39, 0.29) is 69.3 Å². The summed E-state index contributed by atoms with van der Waals surface area (Å²) in [4.78, 5) is 35.9. The van der Waals surface area contributed by atoms with Gasteiger partial charge < -0.3 is 19.8 Å². The third kappa shape index (κ3) is 3.13. The van der Waals surface area contributed by atoms with E-state index in [2.05, 4.69) is 10.1 Å². The summed E-state index contributed by atoms with van der Waals surface area (Å²) in [5, 5.41) is 3.06. The summed E-state index contributed by atoms with van der Waals surface area (Å²) >= 11 is 0. The van der Waals surface area contributed by atoms with Gasteiger partial charge in [-0.15, -0.1) is 18.1 Å². The van der Waals surface area contributed by atoms with Gasteiger partial charge in [0.1, 0.15) is 23.3 Å². The molecule has 2 N–H and O–H groups in total.